The van der Waals surface area contributed by atoms with Gasteiger partial charge in [-0.25, -0.2) is 0 Å². The maximum Gasteiger partial charge on any atom is 0.158 e. The Labute approximate surface area is 401 Å². The lowest BCUT2D eigenvalue weighted by Gasteiger charge is -2.43. The summed E-state index contributed by atoms with van der Waals surface area (Å²) < 4.78 is 0. The molecule has 0 aromatic rings. The van der Waals surface area contributed by atoms with Crippen LogP contribution in [0.5, 0.6) is 0 Å². The van der Waals surface area contributed by atoms with Gasteiger partial charge < -0.3 is 33.2 Å². The van der Waals surface area contributed by atoms with E-state index in [9.17, 15) is 14.4 Å². The van der Waals surface area contributed by atoms with Gasteiger partial charge in [0.25, 0.3) is 0 Å². The van der Waals surface area contributed by atoms with Gasteiger partial charge in [-0.1, -0.05) is 76.2 Å². The highest BCUT2D eigenvalue weighted by atomic mass is 16.1. The number of ketones is 3. The van der Waals surface area contributed by atoms with Crippen molar-refractivity contribution >= 4 is 17.3 Å². The second-order valence-electron chi connectivity index (χ2n) is 25.3. The van der Waals surface area contributed by atoms with Crippen LogP contribution in [0.1, 0.15) is 211 Å². The zero-order valence-electron chi connectivity index (χ0n) is 46.9. The Morgan fingerprint density at radius 2 is 0.723 bits per heavy atom. The number of nitrogens with one attached hydrogen (secondary N) is 6. The molecule has 6 unspecified atom stereocenters. The van der Waals surface area contributed by atoms with E-state index >= 15 is 0 Å². The molecule has 0 saturated heterocycles. The van der Waals surface area contributed by atoms with Crippen LogP contribution < -0.4 is 49.1 Å². The number of hydrogen-bond donors (Lipinski definition) is 9. The second-order valence-corrected chi connectivity index (χ2v) is 25.3. The Kier molecular flexibility index (Phi) is 23.4. The smallest absolute Gasteiger partial charge is 0.158 e. The lowest BCUT2D eigenvalue weighted by atomic mass is 9.70. The van der Waals surface area contributed by atoms with Gasteiger partial charge in [0.05, 0.1) is 34.1 Å². The summed E-state index contributed by atoms with van der Waals surface area (Å²) in [5.74, 6) is 0.511. The summed E-state index contributed by atoms with van der Waals surface area (Å²) in [5.41, 5.74) is 13.5. The van der Waals surface area contributed by atoms with Crippen molar-refractivity contribution in [2.24, 2.45) is 33.4 Å². The number of nitrogens with zero attached hydrogens (tertiary/aromatic N) is 1. The number of hydrogen-bond acceptors (Lipinski definition) is 13. The monoisotopic (exact) mass is 923 g/mol. The van der Waals surface area contributed by atoms with Gasteiger partial charge in [-0.05, 0) is 134 Å². The van der Waals surface area contributed by atoms with E-state index in [0.717, 1.165) is 19.3 Å². The van der Waals surface area contributed by atoms with Gasteiger partial charge in [0.1, 0.15) is 0 Å². The average Bonchev–Trinajstić information content (AvgIpc) is 3.13. The summed E-state index contributed by atoms with van der Waals surface area (Å²) >= 11 is 0. The third-order valence-corrected chi connectivity index (χ3v) is 14.2. The van der Waals surface area contributed by atoms with Crippen molar-refractivity contribution in [1.82, 2.24) is 36.8 Å². The quantitative estimate of drug-likeness (QED) is 0.0292. The van der Waals surface area contributed by atoms with Crippen molar-refractivity contribution in [3.05, 3.63) is 0 Å². The van der Waals surface area contributed by atoms with Crippen LogP contribution in [0.3, 0.4) is 0 Å². The first kappa shape index (κ1) is 63.6. The predicted molar refractivity (Wildman–Crippen MR) is 278 cm³/mol. The lowest BCUT2D eigenvalue weighted by Crippen LogP contribution is -2.62. The Morgan fingerprint density at radius 1 is 0.446 bits per heavy atom. The molecule has 0 saturated carbocycles. The van der Waals surface area contributed by atoms with Crippen molar-refractivity contribution in [3.63, 3.8) is 0 Å². The third-order valence-electron chi connectivity index (χ3n) is 14.2. The molecule has 0 aliphatic carbocycles. The highest BCUT2D eigenvalue weighted by Gasteiger charge is 2.46. The summed E-state index contributed by atoms with van der Waals surface area (Å²) in [7, 11) is 0. The van der Waals surface area contributed by atoms with Crippen LogP contribution in [0.15, 0.2) is 0 Å². The van der Waals surface area contributed by atoms with Crippen LogP contribution in [0, 0.1) is 16.2 Å². The van der Waals surface area contributed by atoms with Gasteiger partial charge in [-0.15, -0.1) is 0 Å². The topological polar surface area (TPSA) is 205 Å². The highest BCUT2D eigenvalue weighted by Crippen LogP contribution is 2.37. The minimum atomic E-state index is -0.744. The molecule has 0 aromatic heterocycles. The first-order chi connectivity index (χ1) is 29.0. The van der Waals surface area contributed by atoms with Crippen molar-refractivity contribution in [1.29, 1.82) is 0 Å². The molecule has 0 radical (unpaired) electrons. The average molecular weight is 924 g/mol. The van der Waals surface area contributed by atoms with Crippen LogP contribution in [0.25, 0.3) is 0 Å². The van der Waals surface area contributed by atoms with Crippen molar-refractivity contribution in [2.45, 2.75) is 261 Å². The van der Waals surface area contributed by atoms with Gasteiger partial charge in [0.15, 0.2) is 17.3 Å². The van der Waals surface area contributed by atoms with Crippen molar-refractivity contribution in [3.8, 4) is 0 Å². The Morgan fingerprint density at radius 3 is 1.00 bits per heavy atom. The molecule has 386 valence electrons. The van der Waals surface area contributed by atoms with Crippen LogP contribution in [-0.2, 0) is 14.4 Å². The van der Waals surface area contributed by atoms with E-state index in [4.69, 9.17) is 17.2 Å². The molecule has 13 nitrogen and oxygen atoms in total. The van der Waals surface area contributed by atoms with E-state index < -0.39 is 44.3 Å². The fourth-order valence-electron chi connectivity index (χ4n) is 10.9. The standard InChI is InChI=1S/C52H110N10O3/c1-24-48(19,40(64)43(9,10)36-46(15,16)60-51(22,54)27-4)57-30-33-62(32-29-56-38(6)39(63)42(7,8)35-45(13,14)59-50(21,53)26-3)34-31-58-49(20,25-2)41(65)44(11,12)37-47(17,18)61-52(23,55)28-5/h38,56-61H,24-37,53-55H2,1-23H3. The Balaban J connectivity index is 6.33. The van der Waals surface area contributed by atoms with E-state index in [2.05, 4.69) is 113 Å². The normalized spacial score (nSPS) is 18.9. The maximum atomic E-state index is 14.5. The van der Waals surface area contributed by atoms with E-state index in [0.29, 0.717) is 71.4 Å². The highest BCUT2D eigenvalue weighted by molar-refractivity contribution is 5.93. The van der Waals surface area contributed by atoms with Crippen LogP contribution in [0.2, 0.25) is 0 Å². The van der Waals surface area contributed by atoms with Gasteiger partial charge in [-0.3, -0.25) is 35.2 Å². The fraction of sp³-hybridized carbons (Fsp3) is 0.942. The first-order valence-electron chi connectivity index (χ1n) is 25.3. The van der Waals surface area contributed by atoms with Gasteiger partial charge in [0.2, 0.25) is 0 Å². The molecular formula is C52H110N10O3. The molecule has 12 N–H and O–H groups in total. The number of carbonyl (C=O) groups excluding carboxylic acids is 3. The second kappa shape index (κ2) is 24.0. The molecule has 0 amide bonds. The fourth-order valence-corrected chi connectivity index (χ4v) is 10.9. The van der Waals surface area contributed by atoms with Gasteiger partial charge in [-0.2, -0.15) is 0 Å². The number of nitrogens with two attached hydrogens (primary N) is 3. The SMILES string of the molecule is CCC(C)(N)NC(C)(C)CC(C)(C)C(=O)C(C)NCCN(CCNC(C)(CC)C(=O)C(C)(C)CC(C)(C)NC(C)(N)CC)CCNC(C)(CC)C(=O)C(C)(C)CC(C)(C)NC(C)(N)CC. The molecule has 0 bridgehead atoms. The van der Waals surface area contributed by atoms with Gasteiger partial charge >= 0.3 is 0 Å². The third kappa shape index (κ3) is 21.4. The Hall–Kier alpha value is -1.39. The minimum absolute atomic E-state index is 0.158. The number of Topliss-reactive ketones (excluding diaryl/α,β-unsaturated/α-hetero) is 3. The largest absolute Gasteiger partial charge is 0.314 e. The molecule has 0 heterocycles. The van der Waals surface area contributed by atoms with Crippen LogP contribution in [0.4, 0.5) is 0 Å². The van der Waals surface area contributed by atoms with E-state index in [-0.39, 0.29) is 40.0 Å². The van der Waals surface area contributed by atoms with Crippen molar-refractivity contribution < 1.29 is 14.4 Å². The van der Waals surface area contributed by atoms with Crippen LogP contribution >= 0.6 is 0 Å². The summed E-state index contributed by atoms with van der Waals surface area (Å²) in [6.07, 6.45) is 5.49. The molecule has 0 spiro atoms. The number of carbonyl (C=O) groups is 3. The molecule has 6 atom stereocenters. The summed E-state index contributed by atoms with van der Waals surface area (Å²) in [6.45, 7) is 51.0. The molecule has 13 heteroatoms. The first-order valence-corrected chi connectivity index (χ1v) is 25.3. The molecule has 65 heavy (non-hydrogen) atoms. The molecule has 0 fully saturated rings. The zero-order valence-corrected chi connectivity index (χ0v) is 46.9. The minimum Gasteiger partial charge on any atom is -0.314 e. The van der Waals surface area contributed by atoms with Gasteiger partial charge in [0, 0.05) is 72.1 Å². The van der Waals surface area contributed by atoms with E-state index in [1.165, 1.54) is 0 Å². The molecule has 0 aliphatic heterocycles. The molecule has 0 aliphatic rings. The molecule has 0 rings (SSSR count). The summed E-state index contributed by atoms with van der Waals surface area (Å²) in [4.78, 5) is 45.2. The zero-order chi connectivity index (χ0) is 51.5. The lowest BCUT2D eigenvalue weighted by molar-refractivity contribution is -0.135. The summed E-state index contributed by atoms with van der Waals surface area (Å²) in [5, 5.41) is 21.6. The molecular weight excluding hydrogens is 813 g/mol. The van der Waals surface area contributed by atoms with Crippen LogP contribution in [-0.4, -0.2) is 112 Å². The van der Waals surface area contributed by atoms with Crippen molar-refractivity contribution in [2.75, 3.05) is 39.3 Å². The molecule has 0 aromatic carbocycles. The van der Waals surface area contributed by atoms with E-state index in [1.807, 2.05) is 83.1 Å². The van der Waals surface area contributed by atoms with E-state index in [1.54, 1.807) is 0 Å². The maximum absolute atomic E-state index is 14.5. The number of rotatable bonds is 35. The Bertz CT molecular complexity index is 1420. The summed E-state index contributed by atoms with van der Waals surface area (Å²) in [6, 6.07) is -0.359. The predicted octanol–water partition coefficient (Wildman–Crippen LogP) is 7.10.